The van der Waals surface area contributed by atoms with E-state index >= 15 is 0 Å². The van der Waals surface area contributed by atoms with Crippen LogP contribution in [0.3, 0.4) is 0 Å². The van der Waals surface area contributed by atoms with Crippen molar-refractivity contribution in [1.82, 2.24) is 9.80 Å². The minimum absolute atomic E-state index is 0.266. The van der Waals surface area contributed by atoms with Crippen LogP contribution in [0, 0.1) is 0 Å². The van der Waals surface area contributed by atoms with Crippen LogP contribution in [0.4, 0.5) is 5.69 Å². The molecule has 0 N–H and O–H groups in total. The molecule has 1 atom stereocenters. The van der Waals surface area contributed by atoms with Gasteiger partial charge in [0, 0.05) is 30.7 Å². The van der Waals surface area contributed by atoms with E-state index in [4.69, 9.17) is 0 Å². The molecule has 0 spiro atoms. The highest BCUT2D eigenvalue weighted by Gasteiger charge is 2.30. The van der Waals surface area contributed by atoms with Crippen LogP contribution in [0.15, 0.2) is 24.3 Å². The molecule has 0 saturated carbocycles. The molecule has 0 aliphatic carbocycles. The molecule has 0 radical (unpaired) electrons. The van der Waals surface area contributed by atoms with Crippen LogP contribution in [0.5, 0.6) is 0 Å². The second-order valence-electron chi connectivity index (χ2n) is 7.21. The fourth-order valence-corrected chi connectivity index (χ4v) is 3.96. The van der Waals surface area contributed by atoms with E-state index in [0.717, 1.165) is 18.7 Å². The number of carbonyl (C=O) groups is 1. The number of rotatable bonds is 4. The summed E-state index contributed by atoms with van der Waals surface area (Å²) in [7, 11) is 4.36. The van der Waals surface area contributed by atoms with Gasteiger partial charge in [0.05, 0.1) is 0 Å². The van der Waals surface area contributed by atoms with Gasteiger partial charge in [0.1, 0.15) is 0 Å². The van der Waals surface area contributed by atoms with Crippen LogP contribution < -0.4 is 4.90 Å². The molecule has 1 aromatic carbocycles. The van der Waals surface area contributed by atoms with Crippen LogP contribution in [0.1, 0.15) is 31.7 Å². The molecule has 1 aromatic rings. The van der Waals surface area contributed by atoms with Crippen LogP contribution in [-0.4, -0.2) is 61.5 Å². The van der Waals surface area contributed by atoms with E-state index in [1.165, 1.54) is 31.5 Å². The third kappa shape index (κ3) is 3.59. The minimum atomic E-state index is 0.266. The first kappa shape index (κ1) is 16.5. The summed E-state index contributed by atoms with van der Waals surface area (Å²) in [6, 6.07) is 9.23. The zero-order valence-electron chi connectivity index (χ0n) is 14.7. The summed E-state index contributed by atoms with van der Waals surface area (Å²) in [5.74, 6) is 0.266. The monoisotopic (exact) mass is 315 g/mol. The van der Waals surface area contributed by atoms with E-state index in [9.17, 15) is 4.79 Å². The fourth-order valence-electron chi connectivity index (χ4n) is 3.96. The van der Waals surface area contributed by atoms with Gasteiger partial charge >= 0.3 is 0 Å². The Kier molecular flexibility index (Phi) is 5.02. The van der Waals surface area contributed by atoms with Crippen LogP contribution >= 0.6 is 0 Å². The highest BCUT2D eigenvalue weighted by Crippen LogP contribution is 2.32. The van der Waals surface area contributed by atoms with Gasteiger partial charge in [0.15, 0.2) is 0 Å². The lowest BCUT2D eigenvalue weighted by molar-refractivity contribution is -0.119. The summed E-state index contributed by atoms with van der Waals surface area (Å²) in [4.78, 5) is 19.5. The highest BCUT2D eigenvalue weighted by atomic mass is 16.2. The predicted octanol–water partition coefficient (Wildman–Crippen LogP) is 2.38. The standard InChI is InChI=1S/C19H29N3O/c1-15-14-16-6-4-5-7-18(16)22(15)19(23)10-13-21(3)17-8-11-20(2)12-9-17/h4-7,15,17H,8-14H2,1-3H3. The van der Waals surface area contributed by atoms with E-state index in [-0.39, 0.29) is 11.9 Å². The number of carbonyl (C=O) groups excluding carboxylic acids is 1. The van der Waals surface area contributed by atoms with Crippen molar-refractivity contribution in [1.29, 1.82) is 0 Å². The molecule has 1 fully saturated rings. The Morgan fingerprint density at radius 2 is 1.96 bits per heavy atom. The minimum Gasteiger partial charge on any atom is -0.309 e. The summed E-state index contributed by atoms with van der Waals surface area (Å²) < 4.78 is 0. The third-order valence-corrected chi connectivity index (χ3v) is 5.47. The summed E-state index contributed by atoms with van der Waals surface area (Å²) in [5, 5.41) is 0. The Morgan fingerprint density at radius 3 is 2.70 bits per heavy atom. The molecule has 3 rings (SSSR count). The lowest BCUT2D eigenvalue weighted by Gasteiger charge is -2.35. The molecule has 23 heavy (non-hydrogen) atoms. The number of likely N-dealkylation sites (tertiary alicyclic amines) is 1. The SMILES string of the molecule is CC1Cc2ccccc2N1C(=O)CCN(C)C1CCN(C)CC1. The van der Waals surface area contributed by atoms with Gasteiger partial charge in [0.25, 0.3) is 0 Å². The maximum atomic E-state index is 12.7. The zero-order chi connectivity index (χ0) is 16.4. The Bertz CT molecular complexity index is 551. The van der Waals surface area contributed by atoms with Crippen LogP contribution in [-0.2, 0) is 11.2 Å². The topological polar surface area (TPSA) is 26.8 Å². The van der Waals surface area contributed by atoms with Gasteiger partial charge in [-0.05, 0) is 65.0 Å². The van der Waals surface area contributed by atoms with Gasteiger partial charge in [-0.3, -0.25) is 4.79 Å². The van der Waals surface area contributed by atoms with Crippen molar-refractivity contribution >= 4 is 11.6 Å². The highest BCUT2D eigenvalue weighted by molar-refractivity contribution is 5.96. The van der Waals surface area contributed by atoms with E-state index in [0.29, 0.717) is 12.5 Å². The van der Waals surface area contributed by atoms with Crippen molar-refractivity contribution in [3.8, 4) is 0 Å². The maximum absolute atomic E-state index is 12.7. The van der Waals surface area contributed by atoms with Gasteiger partial charge in [0.2, 0.25) is 5.91 Å². The number of nitrogens with zero attached hydrogens (tertiary/aromatic N) is 3. The number of anilines is 1. The van der Waals surface area contributed by atoms with Crippen LogP contribution in [0.25, 0.3) is 0 Å². The lowest BCUT2D eigenvalue weighted by Crippen LogP contribution is -2.44. The van der Waals surface area contributed by atoms with Gasteiger partial charge < -0.3 is 14.7 Å². The quantitative estimate of drug-likeness (QED) is 0.853. The summed E-state index contributed by atoms with van der Waals surface area (Å²) in [6.45, 7) is 5.34. The molecule has 4 nitrogen and oxygen atoms in total. The molecule has 2 aliphatic rings. The third-order valence-electron chi connectivity index (χ3n) is 5.47. The van der Waals surface area contributed by atoms with E-state index in [1.54, 1.807) is 0 Å². The van der Waals surface area contributed by atoms with Crippen molar-refractivity contribution in [2.45, 2.75) is 44.7 Å². The first-order valence-electron chi connectivity index (χ1n) is 8.85. The van der Waals surface area contributed by atoms with Crippen molar-refractivity contribution in [2.75, 3.05) is 38.6 Å². The molecule has 4 heteroatoms. The molecular weight excluding hydrogens is 286 g/mol. The lowest BCUT2D eigenvalue weighted by atomic mass is 10.0. The first-order valence-corrected chi connectivity index (χ1v) is 8.85. The molecule has 2 heterocycles. The fraction of sp³-hybridized carbons (Fsp3) is 0.632. The second kappa shape index (κ2) is 7.02. The summed E-state index contributed by atoms with van der Waals surface area (Å²) in [5.41, 5.74) is 2.42. The first-order chi connectivity index (χ1) is 11.1. The van der Waals surface area contributed by atoms with E-state index in [2.05, 4.69) is 49.0 Å². The number of para-hydroxylation sites is 1. The molecule has 2 aliphatic heterocycles. The Labute approximate surface area is 140 Å². The molecule has 126 valence electrons. The number of fused-ring (bicyclic) bond motifs is 1. The largest absolute Gasteiger partial charge is 0.309 e. The molecule has 0 bridgehead atoms. The summed E-state index contributed by atoms with van der Waals surface area (Å²) in [6.07, 6.45) is 4.02. The number of hydrogen-bond donors (Lipinski definition) is 0. The Hall–Kier alpha value is -1.39. The zero-order valence-corrected chi connectivity index (χ0v) is 14.7. The average Bonchev–Trinajstić information content (AvgIpc) is 2.88. The predicted molar refractivity (Wildman–Crippen MR) is 94.9 cm³/mol. The number of amides is 1. The van der Waals surface area contributed by atoms with Gasteiger partial charge in [-0.2, -0.15) is 0 Å². The van der Waals surface area contributed by atoms with Crippen molar-refractivity contribution in [3.63, 3.8) is 0 Å². The van der Waals surface area contributed by atoms with E-state index in [1.807, 2.05) is 11.0 Å². The van der Waals surface area contributed by atoms with Crippen molar-refractivity contribution in [3.05, 3.63) is 29.8 Å². The molecule has 0 aromatic heterocycles. The van der Waals surface area contributed by atoms with Crippen molar-refractivity contribution in [2.24, 2.45) is 0 Å². The normalized spacial score (nSPS) is 22.6. The second-order valence-corrected chi connectivity index (χ2v) is 7.21. The van der Waals surface area contributed by atoms with Crippen LogP contribution in [0.2, 0.25) is 0 Å². The molecule has 1 saturated heterocycles. The van der Waals surface area contributed by atoms with Gasteiger partial charge in [-0.15, -0.1) is 0 Å². The Morgan fingerprint density at radius 1 is 1.26 bits per heavy atom. The molecule has 1 amide bonds. The van der Waals surface area contributed by atoms with Crippen molar-refractivity contribution < 1.29 is 4.79 Å². The number of hydrogen-bond acceptors (Lipinski definition) is 3. The van der Waals surface area contributed by atoms with E-state index < -0.39 is 0 Å². The summed E-state index contributed by atoms with van der Waals surface area (Å²) >= 11 is 0. The number of piperidine rings is 1. The van der Waals surface area contributed by atoms with Gasteiger partial charge in [-0.25, -0.2) is 0 Å². The molecular formula is C19H29N3O. The Balaban J connectivity index is 1.55. The molecule has 1 unspecified atom stereocenters. The maximum Gasteiger partial charge on any atom is 0.228 e. The number of benzene rings is 1. The smallest absolute Gasteiger partial charge is 0.228 e. The average molecular weight is 315 g/mol. The van der Waals surface area contributed by atoms with Gasteiger partial charge in [-0.1, -0.05) is 18.2 Å².